The second kappa shape index (κ2) is 5.71. The number of likely N-dealkylation sites (tertiary alicyclic amines) is 1. The zero-order valence-electron chi connectivity index (χ0n) is 12.1. The Bertz CT molecular complexity index is 653. The average molecular weight is 314 g/mol. The van der Waals surface area contributed by atoms with Crippen molar-refractivity contribution in [2.24, 2.45) is 0 Å². The number of aromatic nitrogens is 4. The summed E-state index contributed by atoms with van der Waals surface area (Å²) in [5.74, 6) is -1.00. The van der Waals surface area contributed by atoms with Crippen LogP contribution in [0.5, 0.6) is 0 Å². The van der Waals surface area contributed by atoms with E-state index in [4.69, 9.17) is 0 Å². The van der Waals surface area contributed by atoms with Crippen LogP contribution in [0.15, 0.2) is 6.33 Å². The Hall–Kier alpha value is -1.90. The molecule has 1 aliphatic rings. The number of rotatable bonds is 3. The predicted octanol–water partition coefficient (Wildman–Crippen LogP) is 2.27. The smallest absolute Gasteiger partial charge is 0.364 e. The standard InChI is InChI=1S/C13H17F3N6/c1-2-22-5-3-4-8(6-22)19-11-9-10(18-7-17-9)20-12(21-11)13(14,15)16/h7-8H,2-6H2,1H3,(H2,17,18,19,20,21). The Morgan fingerprint density at radius 1 is 1.41 bits per heavy atom. The van der Waals surface area contributed by atoms with Crippen molar-refractivity contribution in [2.45, 2.75) is 32.0 Å². The summed E-state index contributed by atoms with van der Waals surface area (Å²) in [5, 5.41) is 3.12. The average Bonchev–Trinajstić information content (AvgIpc) is 2.95. The molecule has 120 valence electrons. The second-order valence-corrected chi connectivity index (χ2v) is 5.37. The van der Waals surface area contributed by atoms with Crippen molar-refractivity contribution in [1.82, 2.24) is 24.8 Å². The van der Waals surface area contributed by atoms with Gasteiger partial charge in [0.1, 0.15) is 5.52 Å². The molecule has 0 bridgehead atoms. The first-order chi connectivity index (χ1) is 10.5. The van der Waals surface area contributed by atoms with Crippen LogP contribution in [0.25, 0.3) is 11.2 Å². The Kier molecular flexibility index (Phi) is 3.90. The first-order valence-electron chi connectivity index (χ1n) is 7.24. The van der Waals surface area contributed by atoms with Crippen molar-refractivity contribution in [2.75, 3.05) is 25.0 Å². The van der Waals surface area contributed by atoms with Crippen LogP contribution in [-0.4, -0.2) is 50.5 Å². The summed E-state index contributed by atoms with van der Waals surface area (Å²) in [6.45, 7) is 4.81. The largest absolute Gasteiger partial charge is 0.451 e. The summed E-state index contributed by atoms with van der Waals surface area (Å²) in [7, 11) is 0. The highest BCUT2D eigenvalue weighted by Crippen LogP contribution is 2.29. The number of nitrogens with zero attached hydrogens (tertiary/aromatic N) is 4. The molecular formula is C13H17F3N6. The van der Waals surface area contributed by atoms with E-state index in [1.165, 1.54) is 6.33 Å². The SMILES string of the molecule is CCN1CCCC(Nc2nc(C(F)(F)F)nc3nc[nH]c23)C1. The van der Waals surface area contributed by atoms with E-state index in [2.05, 4.69) is 37.1 Å². The van der Waals surface area contributed by atoms with Gasteiger partial charge in [0.05, 0.1) is 6.33 Å². The number of piperidine rings is 1. The van der Waals surface area contributed by atoms with Crippen LogP contribution in [0.4, 0.5) is 19.0 Å². The molecule has 2 aromatic rings. The quantitative estimate of drug-likeness (QED) is 0.909. The van der Waals surface area contributed by atoms with Crippen LogP contribution in [0, 0.1) is 0 Å². The van der Waals surface area contributed by atoms with E-state index in [1.807, 2.05) is 0 Å². The molecular weight excluding hydrogens is 297 g/mol. The number of aromatic amines is 1. The number of likely N-dealkylation sites (N-methyl/N-ethyl adjacent to an activating group) is 1. The Balaban J connectivity index is 1.90. The fourth-order valence-electron chi connectivity index (χ4n) is 2.72. The van der Waals surface area contributed by atoms with Crippen molar-refractivity contribution in [3.8, 4) is 0 Å². The van der Waals surface area contributed by atoms with Gasteiger partial charge >= 0.3 is 6.18 Å². The molecule has 0 aliphatic carbocycles. The molecule has 3 rings (SSSR count). The summed E-state index contributed by atoms with van der Waals surface area (Å²) in [6.07, 6.45) is -1.36. The molecule has 1 atom stereocenters. The van der Waals surface area contributed by atoms with E-state index in [0.29, 0.717) is 5.52 Å². The zero-order valence-corrected chi connectivity index (χ0v) is 12.1. The molecule has 1 saturated heterocycles. The fourth-order valence-corrected chi connectivity index (χ4v) is 2.72. The Morgan fingerprint density at radius 3 is 2.95 bits per heavy atom. The van der Waals surface area contributed by atoms with E-state index in [1.54, 1.807) is 0 Å². The van der Waals surface area contributed by atoms with Crippen molar-refractivity contribution >= 4 is 17.0 Å². The van der Waals surface area contributed by atoms with Crippen LogP contribution in [0.1, 0.15) is 25.6 Å². The maximum atomic E-state index is 12.9. The molecule has 2 aromatic heterocycles. The molecule has 0 spiro atoms. The third-order valence-corrected chi connectivity index (χ3v) is 3.83. The van der Waals surface area contributed by atoms with E-state index in [9.17, 15) is 13.2 Å². The molecule has 0 radical (unpaired) electrons. The summed E-state index contributed by atoms with van der Waals surface area (Å²) in [5.41, 5.74) is 0.426. The third kappa shape index (κ3) is 2.99. The molecule has 6 nitrogen and oxygen atoms in total. The van der Waals surface area contributed by atoms with Gasteiger partial charge in [0.25, 0.3) is 0 Å². The number of halogens is 3. The van der Waals surface area contributed by atoms with Gasteiger partial charge in [-0.2, -0.15) is 13.2 Å². The molecule has 9 heteroatoms. The lowest BCUT2D eigenvalue weighted by Crippen LogP contribution is -2.42. The van der Waals surface area contributed by atoms with Crippen LogP contribution in [0.3, 0.4) is 0 Å². The lowest BCUT2D eigenvalue weighted by molar-refractivity contribution is -0.144. The van der Waals surface area contributed by atoms with Crippen molar-refractivity contribution in [1.29, 1.82) is 0 Å². The third-order valence-electron chi connectivity index (χ3n) is 3.83. The number of fused-ring (bicyclic) bond motifs is 1. The highest BCUT2D eigenvalue weighted by Gasteiger charge is 2.36. The zero-order chi connectivity index (χ0) is 15.7. The van der Waals surface area contributed by atoms with E-state index in [-0.39, 0.29) is 17.5 Å². The number of hydrogen-bond acceptors (Lipinski definition) is 5. The van der Waals surface area contributed by atoms with Crippen LogP contribution in [0.2, 0.25) is 0 Å². The van der Waals surface area contributed by atoms with Gasteiger partial charge < -0.3 is 15.2 Å². The van der Waals surface area contributed by atoms with Crippen LogP contribution >= 0.6 is 0 Å². The van der Waals surface area contributed by atoms with Gasteiger partial charge in [0, 0.05) is 12.6 Å². The molecule has 1 unspecified atom stereocenters. The Morgan fingerprint density at radius 2 is 2.23 bits per heavy atom. The highest BCUT2D eigenvalue weighted by atomic mass is 19.4. The number of H-pyrrole nitrogens is 1. The molecule has 0 amide bonds. The van der Waals surface area contributed by atoms with Gasteiger partial charge in [-0.1, -0.05) is 6.92 Å². The summed E-state index contributed by atoms with van der Waals surface area (Å²) in [4.78, 5) is 16.0. The van der Waals surface area contributed by atoms with Crippen molar-refractivity contribution in [3.05, 3.63) is 12.2 Å². The molecule has 3 heterocycles. The fraction of sp³-hybridized carbons (Fsp3) is 0.615. The van der Waals surface area contributed by atoms with E-state index >= 15 is 0 Å². The molecule has 22 heavy (non-hydrogen) atoms. The van der Waals surface area contributed by atoms with Gasteiger partial charge in [-0.15, -0.1) is 0 Å². The summed E-state index contributed by atoms with van der Waals surface area (Å²) < 4.78 is 38.7. The highest BCUT2D eigenvalue weighted by molar-refractivity contribution is 5.82. The van der Waals surface area contributed by atoms with Gasteiger partial charge in [0.2, 0.25) is 5.82 Å². The molecule has 0 saturated carbocycles. The van der Waals surface area contributed by atoms with E-state index in [0.717, 1.165) is 32.5 Å². The first-order valence-corrected chi connectivity index (χ1v) is 7.24. The lowest BCUT2D eigenvalue weighted by Gasteiger charge is -2.32. The van der Waals surface area contributed by atoms with Gasteiger partial charge in [-0.3, -0.25) is 0 Å². The molecule has 1 aliphatic heterocycles. The molecule has 0 aromatic carbocycles. The van der Waals surface area contributed by atoms with E-state index < -0.39 is 12.0 Å². The maximum Gasteiger partial charge on any atom is 0.451 e. The monoisotopic (exact) mass is 314 g/mol. The van der Waals surface area contributed by atoms with Crippen molar-refractivity contribution < 1.29 is 13.2 Å². The van der Waals surface area contributed by atoms with Crippen molar-refractivity contribution in [3.63, 3.8) is 0 Å². The van der Waals surface area contributed by atoms with Crippen LogP contribution < -0.4 is 5.32 Å². The Labute approximate surface area is 125 Å². The number of alkyl halides is 3. The number of imidazole rings is 1. The summed E-state index contributed by atoms with van der Waals surface area (Å²) in [6, 6.07) is 0.0659. The van der Waals surface area contributed by atoms with Gasteiger partial charge in [0.15, 0.2) is 11.5 Å². The minimum absolute atomic E-state index is 0.0213. The predicted molar refractivity (Wildman–Crippen MR) is 75.4 cm³/mol. The first kappa shape index (κ1) is 15.0. The number of hydrogen-bond donors (Lipinski definition) is 2. The van der Waals surface area contributed by atoms with Crippen LogP contribution in [-0.2, 0) is 6.18 Å². The topological polar surface area (TPSA) is 69.7 Å². The summed E-state index contributed by atoms with van der Waals surface area (Å²) >= 11 is 0. The van der Waals surface area contributed by atoms with Gasteiger partial charge in [-0.05, 0) is 25.9 Å². The second-order valence-electron chi connectivity index (χ2n) is 5.37. The normalized spacial score (nSPS) is 20.5. The van der Waals surface area contributed by atoms with Gasteiger partial charge in [-0.25, -0.2) is 15.0 Å². The lowest BCUT2D eigenvalue weighted by atomic mass is 10.1. The number of nitrogens with one attached hydrogen (secondary N) is 2. The molecule has 2 N–H and O–H groups in total. The minimum atomic E-state index is -4.59. The molecule has 1 fully saturated rings. The number of anilines is 1. The minimum Gasteiger partial charge on any atom is -0.364 e. The maximum absolute atomic E-state index is 12.9.